The van der Waals surface area contributed by atoms with Crippen molar-refractivity contribution in [1.82, 2.24) is 14.8 Å². The lowest BCUT2D eigenvalue weighted by atomic mass is 10.2. The van der Waals surface area contributed by atoms with Gasteiger partial charge in [0.05, 0.1) is 0 Å². The van der Waals surface area contributed by atoms with Gasteiger partial charge in [0.1, 0.15) is 0 Å². The number of aromatic nitrogens is 3. The molecule has 19 heavy (non-hydrogen) atoms. The number of hydrogen-bond acceptors (Lipinski definition) is 4. The lowest BCUT2D eigenvalue weighted by molar-refractivity contribution is 0.639. The minimum atomic E-state index is 0.585. The quantitative estimate of drug-likeness (QED) is 0.823. The lowest BCUT2D eigenvalue weighted by Crippen LogP contribution is -2.12. The fourth-order valence-corrected chi connectivity index (χ4v) is 2.67. The standard InChI is InChI=1S/C14H18N4S/c1-2-6-13-16-17-14(18(13)10-9-15)19-11-12-7-4-3-5-8-12/h2-8H,9-11,15H2,1H3/b6-2+. The highest BCUT2D eigenvalue weighted by Crippen LogP contribution is 2.22. The van der Waals surface area contributed by atoms with Crippen molar-refractivity contribution in [2.45, 2.75) is 24.4 Å². The van der Waals surface area contributed by atoms with E-state index >= 15 is 0 Å². The Morgan fingerprint density at radius 1 is 1.26 bits per heavy atom. The van der Waals surface area contributed by atoms with E-state index in [4.69, 9.17) is 5.73 Å². The fraction of sp³-hybridized carbons (Fsp3) is 0.286. The molecule has 2 N–H and O–H groups in total. The summed E-state index contributed by atoms with van der Waals surface area (Å²) in [6.45, 7) is 3.30. The summed E-state index contributed by atoms with van der Waals surface area (Å²) in [5.41, 5.74) is 6.93. The van der Waals surface area contributed by atoms with Crippen LogP contribution in [0.1, 0.15) is 18.3 Å². The molecule has 0 unspecified atom stereocenters. The maximum absolute atomic E-state index is 5.65. The number of allylic oxidation sites excluding steroid dienone is 1. The second-order valence-corrected chi connectivity index (χ2v) is 5.00. The molecule has 0 spiro atoms. The van der Waals surface area contributed by atoms with Gasteiger partial charge in [-0.15, -0.1) is 10.2 Å². The van der Waals surface area contributed by atoms with Gasteiger partial charge in [0, 0.05) is 18.8 Å². The average molecular weight is 274 g/mol. The molecule has 0 saturated carbocycles. The molecular weight excluding hydrogens is 256 g/mol. The van der Waals surface area contributed by atoms with E-state index < -0.39 is 0 Å². The van der Waals surface area contributed by atoms with Crippen LogP contribution in [0.2, 0.25) is 0 Å². The minimum absolute atomic E-state index is 0.585. The molecule has 0 aliphatic rings. The van der Waals surface area contributed by atoms with Crippen LogP contribution in [-0.2, 0) is 12.3 Å². The van der Waals surface area contributed by atoms with Gasteiger partial charge in [-0.1, -0.05) is 48.2 Å². The van der Waals surface area contributed by atoms with E-state index in [1.807, 2.05) is 37.3 Å². The Balaban J connectivity index is 2.11. The first kappa shape index (κ1) is 13.8. The summed E-state index contributed by atoms with van der Waals surface area (Å²) in [6, 6.07) is 10.3. The molecule has 0 radical (unpaired) electrons. The van der Waals surface area contributed by atoms with Crippen LogP contribution in [0.4, 0.5) is 0 Å². The number of hydrogen-bond donors (Lipinski definition) is 1. The molecule has 1 aromatic heterocycles. The van der Waals surface area contributed by atoms with E-state index in [1.54, 1.807) is 11.8 Å². The largest absolute Gasteiger partial charge is 0.329 e. The number of nitrogens with two attached hydrogens (primary N) is 1. The molecule has 0 saturated heterocycles. The second-order valence-electron chi connectivity index (χ2n) is 4.06. The third-order valence-corrected chi connectivity index (χ3v) is 3.66. The minimum Gasteiger partial charge on any atom is -0.329 e. The predicted molar refractivity (Wildman–Crippen MR) is 79.8 cm³/mol. The highest BCUT2D eigenvalue weighted by Gasteiger charge is 2.09. The normalized spacial score (nSPS) is 11.3. The molecule has 0 atom stereocenters. The summed E-state index contributed by atoms with van der Waals surface area (Å²) in [6.07, 6.45) is 3.91. The molecule has 0 fully saturated rings. The average Bonchev–Trinajstić information content (AvgIpc) is 2.81. The Morgan fingerprint density at radius 3 is 2.74 bits per heavy atom. The third-order valence-electron chi connectivity index (χ3n) is 2.62. The predicted octanol–water partition coefficient (Wildman–Crippen LogP) is 2.56. The molecule has 0 aliphatic carbocycles. The van der Waals surface area contributed by atoms with Gasteiger partial charge >= 0.3 is 0 Å². The van der Waals surface area contributed by atoms with Crippen LogP contribution in [0.25, 0.3) is 6.08 Å². The van der Waals surface area contributed by atoms with Gasteiger partial charge in [0.2, 0.25) is 0 Å². The highest BCUT2D eigenvalue weighted by molar-refractivity contribution is 7.98. The Labute approximate surface area is 117 Å². The van der Waals surface area contributed by atoms with Crippen molar-refractivity contribution in [3.8, 4) is 0 Å². The lowest BCUT2D eigenvalue weighted by Gasteiger charge is -2.06. The van der Waals surface area contributed by atoms with Crippen LogP contribution in [0.3, 0.4) is 0 Å². The highest BCUT2D eigenvalue weighted by atomic mass is 32.2. The van der Waals surface area contributed by atoms with Crippen molar-refractivity contribution in [3.05, 3.63) is 47.8 Å². The van der Waals surface area contributed by atoms with Crippen LogP contribution in [0, 0.1) is 0 Å². The van der Waals surface area contributed by atoms with E-state index in [2.05, 4.69) is 26.9 Å². The van der Waals surface area contributed by atoms with Crippen LogP contribution in [0.15, 0.2) is 41.6 Å². The van der Waals surface area contributed by atoms with E-state index in [0.29, 0.717) is 6.54 Å². The van der Waals surface area contributed by atoms with Gasteiger partial charge in [0.25, 0.3) is 0 Å². The molecular formula is C14H18N4S. The number of benzene rings is 1. The fourth-order valence-electron chi connectivity index (χ4n) is 1.74. The third kappa shape index (κ3) is 3.68. The van der Waals surface area contributed by atoms with E-state index in [9.17, 15) is 0 Å². The first-order valence-corrected chi connectivity index (χ1v) is 7.26. The molecule has 100 valence electrons. The molecule has 4 nitrogen and oxygen atoms in total. The van der Waals surface area contributed by atoms with Crippen LogP contribution >= 0.6 is 11.8 Å². The van der Waals surface area contributed by atoms with Gasteiger partial charge in [0.15, 0.2) is 11.0 Å². The Hall–Kier alpha value is -1.59. The molecule has 0 bridgehead atoms. The number of thioether (sulfide) groups is 1. The summed E-state index contributed by atoms with van der Waals surface area (Å²) >= 11 is 1.69. The SMILES string of the molecule is C/C=C/c1nnc(SCc2ccccc2)n1CCN. The van der Waals surface area contributed by atoms with Crippen molar-refractivity contribution in [2.75, 3.05) is 6.54 Å². The molecule has 0 aliphatic heterocycles. The van der Waals surface area contributed by atoms with Gasteiger partial charge in [-0.2, -0.15) is 0 Å². The second kappa shape index (κ2) is 7.11. The molecule has 2 aromatic rings. The summed E-state index contributed by atoms with van der Waals surface area (Å²) in [5.74, 6) is 1.75. The zero-order chi connectivity index (χ0) is 13.5. The number of rotatable bonds is 6. The summed E-state index contributed by atoms with van der Waals surface area (Å²) in [5, 5.41) is 9.34. The smallest absolute Gasteiger partial charge is 0.191 e. The van der Waals surface area contributed by atoms with Crippen LogP contribution in [-0.4, -0.2) is 21.3 Å². The van der Waals surface area contributed by atoms with Gasteiger partial charge < -0.3 is 10.3 Å². The molecule has 5 heteroatoms. The Bertz CT molecular complexity index is 534. The maximum Gasteiger partial charge on any atom is 0.191 e. The maximum atomic E-state index is 5.65. The van der Waals surface area contributed by atoms with Crippen molar-refractivity contribution in [1.29, 1.82) is 0 Å². The Morgan fingerprint density at radius 2 is 2.05 bits per heavy atom. The molecule has 2 rings (SSSR count). The van der Waals surface area contributed by atoms with Gasteiger partial charge in [-0.05, 0) is 18.6 Å². The van der Waals surface area contributed by atoms with Crippen LogP contribution < -0.4 is 5.73 Å². The summed E-state index contributed by atoms with van der Waals surface area (Å²) < 4.78 is 2.06. The molecule has 1 heterocycles. The van der Waals surface area contributed by atoms with E-state index in [0.717, 1.165) is 23.3 Å². The van der Waals surface area contributed by atoms with Crippen molar-refractivity contribution in [3.63, 3.8) is 0 Å². The zero-order valence-corrected chi connectivity index (χ0v) is 11.8. The van der Waals surface area contributed by atoms with E-state index in [1.165, 1.54) is 5.56 Å². The van der Waals surface area contributed by atoms with Crippen molar-refractivity contribution in [2.24, 2.45) is 5.73 Å². The monoisotopic (exact) mass is 274 g/mol. The van der Waals surface area contributed by atoms with Gasteiger partial charge in [-0.25, -0.2) is 0 Å². The van der Waals surface area contributed by atoms with Crippen LogP contribution in [0.5, 0.6) is 0 Å². The molecule has 1 aromatic carbocycles. The van der Waals surface area contributed by atoms with Crippen molar-refractivity contribution >= 4 is 17.8 Å². The van der Waals surface area contributed by atoms with E-state index in [-0.39, 0.29) is 0 Å². The molecule has 0 amide bonds. The summed E-state index contributed by atoms with van der Waals surface area (Å²) in [4.78, 5) is 0. The zero-order valence-electron chi connectivity index (χ0n) is 11.0. The summed E-state index contributed by atoms with van der Waals surface area (Å²) in [7, 11) is 0. The first-order valence-electron chi connectivity index (χ1n) is 6.28. The first-order chi connectivity index (χ1) is 9.35. The topological polar surface area (TPSA) is 56.7 Å². The Kier molecular flexibility index (Phi) is 5.18. The number of nitrogens with zero attached hydrogens (tertiary/aromatic N) is 3. The van der Waals surface area contributed by atoms with Crippen molar-refractivity contribution < 1.29 is 0 Å². The van der Waals surface area contributed by atoms with Gasteiger partial charge in [-0.3, -0.25) is 0 Å².